The minimum absolute atomic E-state index is 0.106. The zero-order chi connectivity index (χ0) is 14.5. The minimum Gasteiger partial charge on any atom is -0.381 e. The molecule has 20 heavy (non-hydrogen) atoms. The topological polar surface area (TPSA) is 79.0 Å². The van der Waals surface area contributed by atoms with Crippen molar-refractivity contribution in [2.75, 3.05) is 5.32 Å². The third-order valence-electron chi connectivity index (χ3n) is 3.07. The lowest BCUT2D eigenvalue weighted by molar-refractivity contribution is -0.385. The van der Waals surface area contributed by atoms with E-state index in [1.54, 1.807) is 25.1 Å². The van der Waals surface area contributed by atoms with Crippen molar-refractivity contribution < 1.29 is 4.92 Å². The van der Waals surface area contributed by atoms with Crippen molar-refractivity contribution in [2.24, 2.45) is 0 Å². The third-order valence-corrected chi connectivity index (χ3v) is 3.07. The fourth-order valence-electron chi connectivity index (χ4n) is 1.91. The van der Waals surface area contributed by atoms with Crippen LogP contribution in [0.3, 0.4) is 0 Å². The summed E-state index contributed by atoms with van der Waals surface area (Å²) in [6.07, 6.45) is 0. The van der Waals surface area contributed by atoms with Crippen LogP contribution < -0.4 is 5.32 Å². The van der Waals surface area contributed by atoms with Gasteiger partial charge in [0, 0.05) is 23.9 Å². The number of nitriles is 1. The first-order valence-electron chi connectivity index (χ1n) is 6.08. The summed E-state index contributed by atoms with van der Waals surface area (Å²) in [5.41, 5.74) is 3.08. The number of anilines is 1. The quantitative estimate of drug-likeness (QED) is 0.680. The molecule has 0 saturated heterocycles. The second-order valence-electron chi connectivity index (χ2n) is 4.37. The van der Waals surface area contributed by atoms with Gasteiger partial charge in [-0.3, -0.25) is 10.1 Å². The normalized spacial score (nSPS) is 9.80. The zero-order valence-corrected chi connectivity index (χ0v) is 11.0. The average molecular weight is 267 g/mol. The number of benzene rings is 2. The monoisotopic (exact) mass is 267 g/mol. The van der Waals surface area contributed by atoms with E-state index in [1.807, 2.05) is 18.2 Å². The summed E-state index contributed by atoms with van der Waals surface area (Å²) in [5.74, 6) is 0. The molecule has 5 heteroatoms. The highest BCUT2D eigenvalue weighted by atomic mass is 16.6. The van der Waals surface area contributed by atoms with Crippen molar-refractivity contribution in [3.8, 4) is 6.07 Å². The highest BCUT2D eigenvalue weighted by molar-refractivity contribution is 5.59. The molecule has 5 nitrogen and oxygen atoms in total. The van der Waals surface area contributed by atoms with Crippen molar-refractivity contribution in [1.29, 1.82) is 5.26 Å². The molecule has 2 aromatic rings. The number of nitrogens with one attached hydrogen (secondary N) is 1. The Hall–Kier alpha value is -2.87. The predicted octanol–water partition coefficient (Wildman–Crippen LogP) is 3.39. The molecular formula is C15H13N3O2. The Morgan fingerprint density at radius 1 is 1.25 bits per heavy atom. The molecule has 0 atom stereocenters. The van der Waals surface area contributed by atoms with E-state index in [1.165, 1.54) is 6.07 Å². The molecule has 2 aromatic carbocycles. The van der Waals surface area contributed by atoms with Crippen LogP contribution in [0, 0.1) is 28.4 Å². The van der Waals surface area contributed by atoms with E-state index in [9.17, 15) is 10.1 Å². The number of nitro groups is 1. The molecule has 0 unspecified atom stereocenters. The molecule has 0 heterocycles. The number of hydrogen-bond acceptors (Lipinski definition) is 4. The number of nitrogens with zero attached hydrogens (tertiary/aromatic N) is 2. The van der Waals surface area contributed by atoms with Crippen molar-refractivity contribution in [1.82, 2.24) is 0 Å². The largest absolute Gasteiger partial charge is 0.381 e. The van der Waals surface area contributed by atoms with Crippen LogP contribution in [0.4, 0.5) is 11.4 Å². The van der Waals surface area contributed by atoms with Crippen molar-refractivity contribution in [3.05, 3.63) is 69.3 Å². The molecule has 0 bridgehead atoms. The summed E-state index contributed by atoms with van der Waals surface area (Å²) >= 11 is 0. The minimum atomic E-state index is -0.387. The van der Waals surface area contributed by atoms with E-state index in [0.29, 0.717) is 17.7 Å². The van der Waals surface area contributed by atoms with Crippen LogP contribution in [0.15, 0.2) is 42.5 Å². The van der Waals surface area contributed by atoms with Crippen molar-refractivity contribution in [3.63, 3.8) is 0 Å². The Morgan fingerprint density at radius 2 is 1.95 bits per heavy atom. The lowest BCUT2D eigenvalue weighted by Crippen LogP contribution is -2.02. The Kier molecular flexibility index (Phi) is 3.96. The van der Waals surface area contributed by atoms with E-state index in [0.717, 1.165) is 11.3 Å². The molecule has 0 aliphatic rings. The maximum Gasteiger partial charge on any atom is 0.274 e. The summed E-state index contributed by atoms with van der Waals surface area (Å²) in [6.45, 7) is 2.27. The van der Waals surface area contributed by atoms with Crippen LogP contribution in [-0.2, 0) is 6.54 Å². The van der Waals surface area contributed by atoms with Gasteiger partial charge in [0.25, 0.3) is 5.69 Å². The molecule has 100 valence electrons. The highest BCUT2D eigenvalue weighted by Crippen LogP contribution is 2.25. The first-order chi connectivity index (χ1) is 9.61. The number of rotatable bonds is 4. The summed E-state index contributed by atoms with van der Waals surface area (Å²) in [4.78, 5) is 10.5. The molecule has 0 aromatic heterocycles. The van der Waals surface area contributed by atoms with Gasteiger partial charge in [-0.25, -0.2) is 0 Å². The van der Waals surface area contributed by atoms with E-state index < -0.39 is 0 Å². The molecule has 0 radical (unpaired) electrons. The van der Waals surface area contributed by atoms with E-state index in [-0.39, 0.29) is 10.6 Å². The van der Waals surface area contributed by atoms with Gasteiger partial charge in [0.1, 0.15) is 0 Å². The SMILES string of the molecule is Cc1c(NCc2ccc(C#N)cc2)cccc1[N+](=O)[O-]. The molecule has 1 N–H and O–H groups in total. The molecule has 0 fully saturated rings. The maximum atomic E-state index is 10.9. The molecule has 0 saturated carbocycles. The lowest BCUT2D eigenvalue weighted by atomic mass is 10.1. The van der Waals surface area contributed by atoms with Gasteiger partial charge in [-0.05, 0) is 30.7 Å². The standard InChI is InChI=1S/C15H13N3O2/c1-11-14(3-2-4-15(11)18(19)20)17-10-13-7-5-12(9-16)6-8-13/h2-8,17H,10H2,1H3. The first kappa shape index (κ1) is 13.6. The molecule has 0 spiro atoms. The van der Waals surface area contributed by atoms with Crippen LogP contribution >= 0.6 is 0 Å². The second-order valence-corrected chi connectivity index (χ2v) is 4.37. The van der Waals surface area contributed by atoms with Gasteiger partial charge in [-0.2, -0.15) is 5.26 Å². The van der Waals surface area contributed by atoms with Gasteiger partial charge in [0.2, 0.25) is 0 Å². The highest BCUT2D eigenvalue weighted by Gasteiger charge is 2.12. The number of hydrogen-bond donors (Lipinski definition) is 1. The molecule has 0 amide bonds. The van der Waals surface area contributed by atoms with E-state index in [4.69, 9.17) is 5.26 Å². The summed E-state index contributed by atoms with van der Waals surface area (Å²) in [5, 5.41) is 22.8. The van der Waals surface area contributed by atoms with Crippen LogP contribution in [0.1, 0.15) is 16.7 Å². The summed E-state index contributed by atoms with van der Waals surface area (Å²) in [6, 6.07) is 14.2. The Balaban J connectivity index is 2.13. The zero-order valence-electron chi connectivity index (χ0n) is 11.0. The fourth-order valence-corrected chi connectivity index (χ4v) is 1.91. The molecular weight excluding hydrogens is 254 g/mol. The average Bonchev–Trinajstić information content (AvgIpc) is 2.46. The van der Waals surface area contributed by atoms with Crippen LogP contribution in [-0.4, -0.2) is 4.92 Å². The van der Waals surface area contributed by atoms with Crippen LogP contribution in [0.5, 0.6) is 0 Å². The first-order valence-corrected chi connectivity index (χ1v) is 6.08. The molecule has 0 aliphatic carbocycles. The summed E-state index contributed by atoms with van der Waals surface area (Å²) < 4.78 is 0. The maximum absolute atomic E-state index is 10.9. The second kappa shape index (κ2) is 5.85. The summed E-state index contributed by atoms with van der Waals surface area (Å²) in [7, 11) is 0. The number of nitro benzene ring substituents is 1. The fraction of sp³-hybridized carbons (Fsp3) is 0.133. The van der Waals surface area contributed by atoms with Gasteiger partial charge >= 0.3 is 0 Å². The van der Waals surface area contributed by atoms with Crippen molar-refractivity contribution >= 4 is 11.4 Å². The van der Waals surface area contributed by atoms with E-state index >= 15 is 0 Å². The van der Waals surface area contributed by atoms with Gasteiger partial charge in [-0.1, -0.05) is 18.2 Å². The predicted molar refractivity (Wildman–Crippen MR) is 76.3 cm³/mol. The van der Waals surface area contributed by atoms with Crippen LogP contribution in [0.25, 0.3) is 0 Å². The van der Waals surface area contributed by atoms with Gasteiger partial charge in [0.15, 0.2) is 0 Å². The van der Waals surface area contributed by atoms with Gasteiger partial charge < -0.3 is 5.32 Å². The third kappa shape index (κ3) is 2.93. The van der Waals surface area contributed by atoms with Crippen molar-refractivity contribution in [2.45, 2.75) is 13.5 Å². The Morgan fingerprint density at radius 3 is 2.55 bits per heavy atom. The van der Waals surface area contributed by atoms with E-state index in [2.05, 4.69) is 11.4 Å². The molecule has 2 rings (SSSR count). The smallest absolute Gasteiger partial charge is 0.274 e. The Bertz CT molecular complexity index is 673. The van der Waals surface area contributed by atoms with Gasteiger partial charge in [0.05, 0.1) is 16.6 Å². The van der Waals surface area contributed by atoms with Gasteiger partial charge in [-0.15, -0.1) is 0 Å². The Labute approximate surface area is 116 Å². The van der Waals surface area contributed by atoms with Crippen LogP contribution in [0.2, 0.25) is 0 Å². The lowest BCUT2D eigenvalue weighted by Gasteiger charge is -2.09. The molecule has 0 aliphatic heterocycles.